The molecule has 0 bridgehead atoms. The third-order valence-electron chi connectivity index (χ3n) is 3.65. The number of morpholine rings is 1. The van der Waals surface area contributed by atoms with Gasteiger partial charge < -0.3 is 14.7 Å². The van der Waals surface area contributed by atoms with E-state index in [1.807, 2.05) is 31.4 Å². The van der Waals surface area contributed by atoms with Gasteiger partial charge in [0.25, 0.3) is 0 Å². The van der Waals surface area contributed by atoms with E-state index in [1.54, 1.807) is 0 Å². The first-order chi connectivity index (χ1) is 11.0. The lowest BCUT2D eigenvalue weighted by Crippen LogP contribution is -2.45. The highest BCUT2D eigenvalue weighted by Crippen LogP contribution is 2.49. The molecule has 2 aromatic heterocycles. The number of carboxylic acid groups (broad SMARTS) is 1. The standard InChI is InChI=1S/C16H16N2O3S2/c1-9-7-18(8-10(2)21-9)15-13(17-3)12(11-5-4-6-22-11)14(23-15)16(19)20/h4-6,9-10H,7-8H2,1-2H3,(H,19,20). The van der Waals surface area contributed by atoms with Gasteiger partial charge in [-0.2, -0.15) is 0 Å². The molecule has 1 N–H and O–H groups in total. The Bertz CT molecular complexity index is 751. The number of nitrogens with zero attached hydrogens (tertiary/aromatic N) is 2. The van der Waals surface area contributed by atoms with E-state index in [0.29, 0.717) is 24.3 Å². The first kappa shape index (κ1) is 16.0. The van der Waals surface area contributed by atoms with Gasteiger partial charge in [0.05, 0.1) is 23.8 Å². The maximum absolute atomic E-state index is 11.7. The second-order valence-electron chi connectivity index (χ2n) is 5.52. The number of carboxylic acids is 1. The van der Waals surface area contributed by atoms with E-state index >= 15 is 0 Å². The van der Waals surface area contributed by atoms with Crippen LogP contribution in [0.15, 0.2) is 17.5 Å². The van der Waals surface area contributed by atoms with Gasteiger partial charge in [0.15, 0.2) is 0 Å². The third kappa shape index (κ3) is 2.98. The van der Waals surface area contributed by atoms with Gasteiger partial charge in [0, 0.05) is 23.5 Å². The molecule has 2 aromatic rings. The highest BCUT2D eigenvalue weighted by atomic mass is 32.1. The summed E-state index contributed by atoms with van der Waals surface area (Å²) in [5.41, 5.74) is 0.991. The van der Waals surface area contributed by atoms with Crippen LogP contribution in [0, 0.1) is 6.57 Å². The molecule has 0 spiro atoms. The van der Waals surface area contributed by atoms with Crippen LogP contribution in [-0.4, -0.2) is 36.4 Å². The summed E-state index contributed by atoms with van der Waals surface area (Å²) in [7, 11) is 0. The van der Waals surface area contributed by atoms with Crippen molar-refractivity contribution in [2.75, 3.05) is 18.0 Å². The summed E-state index contributed by atoms with van der Waals surface area (Å²) in [5.74, 6) is -0.982. The van der Waals surface area contributed by atoms with Crippen LogP contribution in [0.25, 0.3) is 15.3 Å². The number of anilines is 1. The van der Waals surface area contributed by atoms with Crippen LogP contribution in [0.1, 0.15) is 23.5 Å². The molecule has 3 rings (SSSR count). The Morgan fingerprint density at radius 1 is 1.43 bits per heavy atom. The molecule has 120 valence electrons. The van der Waals surface area contributed by atoms with Gasteiger partial charge in [0.1, 0.15) is 4.88 Å². The topological polar surface area (TPSA) is 54.1 Å². The number of hydrogen-bond donors (Lipinski definition) is 1. The first-order valence-electron chi connectivity index (χ1n) is 7.23. The van der Waals surface area contributed by atoms with Crippen LogP contribution >= 0.6 is 22.7 Å². The zero-order valence-corrected chi connectivity index (χ0v) is 14.4. The molecule has 1 fully saturated rings. The third-order valence-corrected chi connectivity index (χ3v) is 5.76. The molecule has 2 atom stereocenters. The van der Waals surface area contributed by atoms with Crippen molar-refractivity contribution in [1.29, 1.82) is 0 Å². The minimum Gasteiger partial charge on any atom is -0.477 e. The van der Waals surface area contributed by atoms with Gasteiger partial charge in [-0.25, -0.2) is 9.64 Å². The molecule has 0 amide bonds. The van der Waals surface area contributed by atoms with Crippen molar-refractivity contribution in [3.05, 3.63) is 33.8 Å². The van der Waals surface area contributed by atoms with E-state index in [-0.39, 0.29) is 17.1 Å². The molecule has 23 heavy (non-hydrogen) atoms. The average Bonchev–Trinajstić information content (AvgIpc) is 3.12. The van der Waals surface area contributed by atoms with Gasteiger partial charge >= 0.3 is 5.97 Å². The molecule has 1 aliphatic rings. The van der Waals surface area contributed by atoms with Gasteiger partial charge in [-0.05, 0) is 25.3 Å². The van der Waals surface area contributed by atoms with Crippen LogP contribution in [0.3, 0.4) is 0 Å². The quantitative estimate of drug-likeness (QED) is 0.839. The number of aromatic carboxylic acids is 1. The number of thiophene rings is 2. The fourth-order valence-electron chi connectivity index (χ4n) is 2.87. The number of ether oxygens (including phenoxy) is 1. The Balaban J connectivity index is 2.13. The minimum absolute atomic E-state index is 0.0536. The van der Waals surface area contributed by atoms with Crippen LogP contribution in [-0.2, 0) is 4.74 Å². The van der Waals surface area contributed by atoms with Crippen molar-refractivity contribution < 1.29 is 14.6 Å². The smallest absolute Gasteiger partial charge is 0.345 e. The average molecular weight is 348 g/mol. The van der Waals surface area contributed by atoms with Crippen LogP contribution < -0.4 is 4.90 Å². The molecule has 0 aromatic carbocycles. The van der Waals surface area contributed by atoms with Crippen molar-refractivity contribution in [3.63, 3.8) is 0 Å². The van der Waals surface area contributed by atoms with Gasteiger partial charge in [-0.1, -0.05) is 6.07 Å². The Kier molecular flexibility index (Phi) is 4.39. The van der Waals surface area contributed by atoms with E-state index in [1.165, 1.54) is 22.7 Å². The van der Waals surface area contributed by atoms with E-state index in [4.69, 9.17) is 11.3 Å². The fourth-order valence-corrected chi connectivity index (χ4v) is 4.83. The molecular formula is C16H16N2O3S2. The highest BCUT2D eigenvalue weighted by molar-refractivity contribution is 7.20. The first-order valence-corrected chi connectivity index (χ1v) is 8.92. The summed E-state index contributed by atoms with van der Waals surface area (Å²) >= 11 is 2.65. The van der Waals surface area contributed by atoms with Crippen molar-refractivity contribution in [2.45, 2.75) is 26.1 Å². The number of carbonyl (C=O) groups is 1. The second kappa shape index (κ2) is 6.32. The molecule has 0 radical (unpaired) electrons. The second-order valence-corrected chi connectivity index (χ2v) is 7.46. The Labute approximate surface area is 142 Å². The zero-order chi connectivity index (χ0) is 16.6. The minimum atomic E-state index is -0.982. The monoisotopic (exact) mass is 348 g/mol. The maximum atomic E-state index is 11.7. The van der Waals surface area contributed by atoms with E-state index in [2.05, 4.69) is 9.74 Å². The summed E-state index contributed by atoms with van der Waals surface area (Å²) in [4.78, 5) is 18.5. The molecule has 1 saturated heterocycles. The lowest BCUT2D eigenvalue weighted by Gasteiger charge is -2.36. The zero-order valence-electron chi connectivity index (χ0n) is 12.8. The molecule has 0 saturated carbocycles. The van der Waals surface area contributed by atoms with Crippen LogP contribution in [0.2, 0.25) is 0 Å². The van der Waals surface area contributed by atoms with E-state index in [9.17, 15) is 9.90 Å². The fraction of sp³-hybridized carbons (Fsp3) is 0.375. The molecule has 1 aliphatic heterocycles. The largest absolute Gasteiger partial charge is 0.477 e. The summed E-state index contributed by atoms with van der Waals surface area (Å²) in [6.45, 7) is 12.9. The van der Waals surface area contributed by atoms with Crippen molar-refractivity contribution in [1.82, 2.24) is 0 Å². The van der Waals surface area contributed by atoms with Crippen LogP contribution in [0.5, 0.6) is 0 Å². The Hall–Kier alpha value is -1.88. The normalized spacial score (nSPS) is 21.2. The lowest BCUT2D eigenvalue weighted by molar-refractivity contribution is -0.00496. The molecule has 2 unspecified atom stereocenters. The van der Waals surface area contributed by atoms with Crippen LogP contribution in [0.4, 0.5) is 10.7 Å². The molecule has 0 aliphatic carbocycles. The van der Waals surface area contributed by atoms with Gasteiger partial charge in [-0.15, -0.1) is 22.7 Å². The number of rotatable bonds is 3. The Morgan fingerprint density at radius 2 is 2.13 bits per heavy atom. The van der Waals surface area contributed by atoms with Crippen molar-refractivity contribution in [2.24, 2.45) is 0 Å². The summed E-state index contributed by atoms with van der Waals surface area (Å²) in [5, 5.41) is 12.2. The van der Waals surface area contributed by atoms with Crippen molar-refractivity contribution >= 4 is 39.3 Å². The molecule has 3 heterocycles. The molecular weight excluding hydrogens is 332 g/mol. The predicted molar refractivity (Wildman–Crippen MR) is 93.1 cm³/mol. The SMILES string of the molecule is [C-]#[N+]c1c(N2CC(C)OC(C)C2)sc(C(=O)O)c1-c1cccs1. The maximum Gasteiger partial charge on any atom is 0.345 e. The highest BCUT2D eigenvalue weighted by Gasteiger charge is 2.31. The van der Waals surface area contributed by atoms with E-state index < -0.39 is 5.97 Å². The van der Waals surface area contributed by atoms with Gasteiger partial charge in [-0.3, -0.25) is 0 Å². The number of hydrogen-bond acceptors (Lipinski definition) is 5. The van der Waals surface area contributed by atoms with Gasteiger partial charge in [0.2, 0.25) is 5.69 Å². The predicted octanol–water partition coefficient (Wildman–Crippen LogP) is 4.34. The Morgan fingerprint density at radius 3 is 2.65 bits per heavy atom. The molecule has 7 heteroatoms. The van der Waals surface area contributed by atoms with Crippen molar-refractivity contribution in [3.8, 4) is 10.4 Å². The summed E-state index contributed by atoms with van der Waals surface area (Å²) in [6.07, 6.45) is 0.107. The van der Waals surface area contributed by atoms with E-state index in [0.717, 1.165) is 9.88 Å². The lowest BCUT2D eigenvalue weighted by atomic mass is 10.1. The summed E-state index contributed by atoms with van der Waals surface area (Å²) in [6, 6.07) is 3.73. The summed E-state index contributed by atoms with van der Waals surface area (Å²) < 4.78 is 5.74. The molecule has 5 nitrogen and oxygen atoms in total.